The minimum atomic E-state index is -4.79. The van der Waals surface area contributed by atoms with E-state index in [-0.39, 0.29) is 12.6 Å². The molecule has 24 heavy (non-hydrogen) atoms. The van der Waals surface area contributed by atoms with Crippen LogP contribution in [0.3, 0.4) is 0 Å². The number of amides is 3. The van der Waals surface area contributed by atoms with E-state index in [1.165, 1.54) is 4.90 Å². The molecule has 3 amide bonds. The molecule has 3 aliphatic heterocycles. The molecule has 3 atom stereocenters. The van der Waals surface area contributed by atoms with Crippen LogP contribution in [0.25, 0.3) is 0 Å². The van der Waals surface area contributed by atoms with Gasteiger partial charge in [-0.25, -0.2) is 10.3 Å². The van der Waals surface area contributed by atoms with Gasteiger partial charge in [0.2, 0.25) is 0 Å². The highest BCUT2D eigenvalue weighted by Gasteiger charge is 2.49. The van der Waals surface area contributed by atoms with Crippen LogP contribution in [0, 0.1) is 0 Å². The maximum atomic E-state index is 12.2. The highest BCUT2D eigenvalue weighted by atomic mass is 32.3. The van der Waals surface area contributed by atoms with E-state index in [2.05, 4.69) is 15.1 Å². The maximum absolute atomic E-state index is 12.2. The summed E-state index contributed by atoms with van der Waals surface area (Å²) >= 11 is 0. The molecule has 11 nitrogen and oxygen atoms in total. The number of urea groups is 1. The van der Waals surface area contributed by atoms with E-state index in [1.54, 1.807) is 0 Å². The lowest BCUT2D eigenvalue weighted by molar-refractivity contribution is -0.139. The van der Waals surface area contributed by atoms with Gasteiger partial charge in [-0.1, -0.05) is 0 Å². The first-order valence-corrected chi connectivity index (χ1v) is 9.13. The number of carbonyl (C=O) groups is 2. The first kappa shape index (κ1) is 17.4. The Hall–Kier alpha value is -1.47. The molecule has 3 rings (SSSR count). The average molecular weight is 364 g/mol. The van der Waals surface area contributed by atoms with E-state index in [4.69, 9.17) is 9.39 Å². The maximum Gasteiger partial charge on any atom is 0.418 e. The summed E-state index contributed by atoms with van der Waals surface area (Å²) in [5, 5.41) is 3.83. The van der Waals surface area contributed by atoms with Crippen molar-refractivity contribution in [2.75, 3.05) is 19.7 Å². The van der Waals surface area contributed by atoms with Crippen LogP contribution in [0.15, 0.2) is 0 Å². The minimum absolute atomic E-state index is 0.149. The Morgan fingerprint density at radius 1 is 1.38 bits per heavy atom. The molecule has 0 spiro atoms. The number of piperidine rings is 1. The van der Waals surface area contributed by atoms with Crippen LogP contribution in [-0.4, -0.2) is 72.7 Å². The summed E-state index contributed by atoms with van der Waals surface area (Å²) in [4.78, 5) is 30.8. The van der Waals surface area contributed by atoms with Crippen molar-refractivity contribution in [1.29, 1.82) is 0 Å². The van der Waals surface area contributed by atoms with Crippen molar-refractivity contribution < 1.29 is 31.7 Å². The zero-order valence-corrected chi connectivity index (χ0v) is 13.7. The van der Waals surface area contributed by atoms with Crippen LogP contribution in [0.2, 0.25) is 0 Å². The Bertz CT molecular complexity index is 607. The van der Waals surface area contributed by atoms with Crippen molar-refractivity contribution >= 4 is 22.3 Å². The van der Waals surface area contributed by atoms with Gasteiger partial charge in [0.25, 0.3) is 5.91 Å². The second-order valence-corrected chi connectivity index (χ2v) is 7.09. The molecule has 3 heterocycles. The molecule has 0 aromatic heterocycles. The Balaban J connectivity index is 1.54. The average Bonchev–Trinajstić information content (AvgIpc) is 3.10. The van der Waals surface area contributed by atoms with E-state index in [0.717, 1.165) is 19.4 Å². The number of hydrogen-bond acceptors (Lipinski definition) is 7. The van der Waals surface area contributed by atoms with Crippen LogP contribution in [0.4, 0.5) is 4.79 Å². The predicted octanol–water partition coefficient (Wildman–Crippen LogP) is -1.21. The predicted molar refractivity (Wildman–Crippen MR) is 78.5 cm³/mol. The highest BCUT2D eigenvalue weighted by molar-refractivity contribution is 7.80. The van der Waals surface area contributed by atoms with Crippen molar-refractivity contribution in [1.82, 2.24) is 20.8 Å². The fourth-order valence-electron chi connectivity index (χ4n) is 3.28. The number of hydrogen-bond donors (Lipinski definition) is 3. The van der Waals surface area contributed by atoms with Gasteiger partial charge < -0.3 is 10.2 Å². The van der Waals surface area contributed by atoms with Crippen LogP contribution in [0.5, 0.6) is 0 Å². The third-order valence-corrected chi connectivity index (χ3v) is 4.77. The van der Waals surface area contributed by atoms with Crippen LogP contribution in [0.1, 0.15) is 25.7 Å². The molecule has 0 radical (unpaired) electrons. The van der Waals surface area contributed by atoms with Crippen molar-refractivity contribution in [3.63, 3.8) is 0 Å². The Kier molecular flexibility index (Phi) is 4.92. The van der Waals surface area contributed by atoms with E-state index in [9.17, 15) is 18.0 Å². The molecule has 0 aromatic rings. The number of hydroxylamine groups is 3. The second-order valence-electron chi connectivity index (χ2n) is 6.08. The van der Waals surface area contributed by atoms with E-state index >= 15 is 0 Å². The third kappa shape index (κ3) is 3.78. The Labute approximate surface area is 139 Å². The standard InChI is InChI=1S/C12H20N4O7S/c17-11(14-22-7-8-2-1-5-13-8)10-4-3-9-6-15(10)12(18)16(9)23-24(19,20)21/h8-10,13H,1-7H2,(H,14,17)(H,19,20,21)/t8-,9-,10+/m1/s1. The quantitative estimate of drug-likeness (QED) is 0.394. The van der Waals surface area contributed by atoms with Crippen molar-refractivity contribution in [2.24, 2.45) is 0 Å². The Morgan fingerprint density at radius 3 is 2.83 bits per heavy atom. The summed E-state index contributed by atoms with van der Waals surface area (Å²) in [5.41, 5.74) is 2.35. The zero-order valence-electron chi connectivity index (χ0n) is 12.9. The summed E-state index contributed by atoms with van der Waals surface area (Å²) in [5.74, 6) is -0.464. The van der Waals surface area contributed by atoms with Gasteiger partial charge in [-0.15, -0.1) is 4.28 Å². The largest absolute Gasteiger partial charge is 0.418 e. The van der Waals surface area contributed by atoms with Crippen molar-refractivity contribution in [3.05, 3.63) is 0 Å². The number of rotatable bonds is 6. The summed E-state index contributed by atoms with van der Waals surface area (Å²) in [6.07, 6.45) is 2.77. The second kappa shape index (κ2) is 6.80. The summed E-state index contributed by atoms with van der Waals surface area (Å²) < 4.78 is 34.7. The van der Waals surface area contributed by atoms with Gasteiger partial charge in [-0.05, 0) is 32.2 Å². The smallest absolute Gasteiger partial charge is 0.312 e. The number of carbonyl (C=O) groups excluding carboxylic acids is 2. The Morgan fingerprint density at radius 2 is 2.17 bits per heavy atom. The highest BCUT2D eigenvalue weighted by Crippen LogP contribution is 2.30. The van der Waals surface area contributed by atoms with Gasteiger partial charge >= 0.3 is 16.4 Å². The van der Waals surface area contributed by atoms with Crippen molar-refractivity contribution in [3.8, 4) is 0 Å². The van der Waals surface area contributed by atoms with E-state index in [0.29, 0.717) is 24.5 Å². The first-order valence-electron chi connectivity index (χ1n) is 7.77. The molecule has 0 aromatic carbocycles. The van der Waals surface area contributed by atoms with Gasteiger partial charge in [-0.3, -0.25) is 14.2 Å². The summed E-state index contributed by atoms with van der Waals surface area (Å²) in [7, 11) is -4.79. The van der Waals surface area contributed by atoms with Crippen LogP contribution >= 0.6 is 0 Å². The molecular formula is C12H20N4O7S. The molecule has 0 unspecified atom stereocenters. The lowest BCUT2D eigenvalue weighted by Crippen LogP contribution is -2.50. The van der Waals surface area contributed by atoms with Crippen LogP contribution in [-0.2, 0) is 24.3 Å². The van der Waals surface area contributed by atoms with Crippen LogP contribution < -0.4 is 10.8 Å². The van der Waals surface area contributed by atoms with Crippen molar-refractivity contribution in [2.45, 2.75) is 43.8 Å². The molecule has 3 N–H and O–H groups in total. The monoisotopic (exact) mass is 364 g/mol. The van der Waals surface area contributed by atoms with E-state index < -0.39 is 34.4 Å². The lowest BCUT2D eigenvalue weighted by Gasteiger charge is -2.29. The van der Waals surface area contributed by atoms with Gasteiger partial charge in [0, 0.05) is 12.6 Å². The van der Waals surface area contributed by atoms with Gasteiger partial charge in [0.1, 0.15) is 6.04 Å². The third-order valence-electron chi connectivity index (χ3n) is 4.42. The van der Waals surface area contributed by atoms with Gasteiger partial charge in [-0.2, -0.15) is 13.5 Å². The molecule has 3 saturated heterocycles. The molecule has 3 aliphatic rings. The zero-order chi connectivity index (χ0) is 17.3. The molecule has 12 heteroatoms. The molecule has 0 saturated carbocycles. The first-order chi connectivity index (χ1) is 11.3. The number of nitrogens with zero attached hydrogens (tertiary/aromatic N) is 2. The fraction of sp³-hybridized carbons (Fsp3) is 0.833. The molecule has 136 valence electrons. The lowest BCUT2D eigenvalue weighted by atomic mass is 10.0. The van der Waals surface area contributed by atoms with Gasteiger partial charge in [0.05, 0.1) is 12.6 Å². The molecule has 3 fully saturated rings. The van der Waals surface area contributed by atoms with E-state index in [1.807, 2.05) is 0 Å². The number of fused-ring (bicyclic) bond motifs is 2. The molecule has 0 aliphatic carbocycles. The summed E-state index contributed by atoms with van der Waals surface area (Å²) in [6.45, 7) is 1.42. The van der Waals surface area contributed by atoms with Gasteiger partial charge in [0.15, 0.2) is 0 Å². The fourth-order valence-corrected chi connectivity index (χ4v) is 3.67. The summed E-state index contributed by atoms with van der Waals surface area (Å²) in [6, 6.07) is -1.85. The SMILES string of the molecule is O=C(NOC[C@H]1CCCN1)[C@@H]1CC[C@@H]2CN1C(=O)N2OS(=O)(=O)O. The molecular weight excluding hydrogens is 344 g/mol. The normalized spacial score (nSPS) is 30.0. The molecule has 2 bridgehead atoms. The number of nitrogens with one attached hydrogen (secondary N) is 2. The topological polar surface area (TPSA) is 138 Å². The minimum Gasteiger partial charge on any atom is -0.312 e.